The van der Waals surface area contributed by atoms with Crippen LogP contribution in [0.15, 0.2) is 35.5 Å². The Bertz CT molecular complexity index is 715. The van der Waals surface area contributed by atoms with Gasteiger partial charge in [-0.15, -0.1) is 0 Å². The van der Waals surface area contributed by atoms with Gasteiger partial charge in [0.25, 0.3) is 0 Å². The van der Waals surface area contributed by atoms with Crippen LogP contribution in [0.5, 0.6) is 0 Å². The molecule has 3 saturated carbocycles. The van der Waals surface area contributed by atoms with Gasteiger partial charge in [-0.2, -0.15) is 0 Å². The quantitative estimate of drug-likeness (QED) is 0.491. The van der Waals surface area contributed by atoms with Crippen LogP contribution in [0.4, 0.5) is 0 Å². The molecule has 0 unspecified atom stereocenters. The van der Waals surface area contributed by atoms with Gasteiger partial charge in [0.1, 0.15) is 12.2 Å². The minimum Gasteiger partial charge on any atom is -0.390 e. The SMILES string of the molecule is C=C1/C(=C\C=C2\CCC[C@]3(C)[C@@H]([C@H](C)CCCC(C)(C)O)CC[C@@H]23)C[C@@H](O)[C@@H](O)[C@@H]1O. The summed E-state index contributed by atoms with van der Waals surface area (Å²) in [6.45, 7) is 12.6. The van der Waals surface area contributed by atoms with E-state index in [4.69, 9.17) is 0 Å². The van der Waals surface area contributed by atoms with Gasteiger partial charge in [0.15, 0.2) is 0 Å². The highest BCUT2D eigenvalue weighted by Crippen LogP contribution is 2.60. The van der Waals surface area contributed by atoms with Crippen molar-refractivity contribution in [3.63, 3.8) is 0 Å². The molecule has 176 valence electrons. The molecule has 3 aliphatic rings. The number of rotatable bonds is 6. The molecule has 31 heavy (non-hydrogen) atoms. The summed E-state index contributed by atoms with van der Waals surface area (Å²) in [5.41, 5.74) is 2.62. The first kappa shape index (κ1) is 24.7. The highest BCUT2D eigenvalue weighted by Gasteiger charge is 2.50. The van der Waals surface area contributed by atoms with Crippen LogP contribution >= 0.6 is 0 Å². The predicted octanol–water partition coefficient (Wildman–Crippen LogP) is 4.68. The second kappa shape index (κ2) is 9.51. The average molecular weight is 433 g/mol. The molecule has 0 spiro atoms. The van der Waals surface area contributed by atoms with Crippen LogP contribution in [0, 0.1) is 23.2 Å². The Morgan fingerprint density at radius 1 is 1.19 bits per heavy atom. The van der Waals surface area contributed by atoms with Crippen LogP contribution in [0.2, 0.25) is 0 Å². The maximum Gasteiger partial charge on any atom is 0.110 e. The van der Waals surface area contributed by atoms with Crippen LogP contribution in [-0.4, -0.2) is 44.3 Å². The zero-order valence-electron chi connectivity index (χ0n) is 20.0. The fourth-order valence-corrected chi connectivity index (χ4v) is 6.74. The van der Waals surface area contributed by atoms with Crippen molar-refractivity contribution >= 4 is 0 Å². The number of hydrogen-bond donors (Lipinski definition) is 4. The third-order valence-corrected chi connectivity index (χ3v) is 8.59. The molecule has 4 heteroatoms. The Balaban J connectivity index is 1.71. The number of fused-ring (bicyclic) bond motifs is 1. The van der Waals surface area contributed by atoms with E-state index in [1.54, 1.807) is 0 Å². The monoisotopic (exact) mass is 432 g/mol. The third-order valence-electron chi connectivity index (χ3n) is 8.59. The zero-order valence-corrected chi connectivity index (χ0v) is 20.0. The fraction of sp³-hybridized carbons (Fsp3) is 0.778. The summed E-state index contributed by atoms with van der Waals surface area (Å²) >= 11 is 0. The summed E-state index contributed by atoms with van der Waals surface area (Å²) in [7, 11) is 0. The topological polar surface area (TPSA) is 80.9 Å². The van der Waals surface area contributed by atoms with Crippen molar-refractivity contribution in [1.82, 2.24) is 0 Å². The highest BCUT2D eigenvalue weighted by atomic mass is 16.4. The Morgan fingerprint density at radius 2 is 1.90 bits per heavy atom. The molecule has 0 aromatic carbocycles. The summed E-state index contributed by atoms with van der Waals surface area (Å²) in [5, 5.41) is 40.1. The largest absolute Gasteiger partial charge is 0.390 e. The van der Waals surface area contributed by atoms with Gasteiger partial charge < -0.3 is 20.4 Å². The molecular formula is C27H44O4. The minimum atomic E-state index is -1.15. The standard InChI is InChI=1S/C27H44O4/c1-17(8-6-14-26(3,4)31)21-12-13-22-19(9-7-15-27(21,22)5)10-11-20-16-23(28)25(30)24(29)18(20)2/h10-11,17,21-25,28-31H,2,6-9,12-16H2,1,3-5H3/b19-10-,20-11-/t17-,21-,22+,23-,24-,25-,27-/m1/s1. The fourth-order valence-electron chi connectivity index (χ4n) is 6.74. The molecule has 4 nitrogen and oxygen atoms in total. The second-order valence-corrected chi connectivity index (χ2v) is 11.4. The van der Waals surface area contributed by atoms with E-state index in [0.29, 0.717) is 29.2 Å². The molecule has 3 rings (SSSR count). The van der Waals surface area contributed by atoms with Crippen LogP contribution in [-0.2, 0) is 0 Å². The molecule has 0 aromatic rings. The number of hydrogen-bond acceptors (Lipinski definition) is 4. The summed E-state index contributed by atoms with van der Waals surface area (Å²) < 4.78 is 0. The van der Waals surface area contributed by atoms with Crippen molar-refractivity contribution in [1.29, 1.82) is 0 Å². The normalized spacial score (nSPS) is 40.4. The highest BCUT2D eigenvalue weighted by molar-refractivity contribution is 5.40. The van der Waals surface area contributed by atoms with E-state index in [9.17, 15) is 20.4 Å². The van der Waals surface area contributed by atoms with Crippen molar-refractivity contribution in [2.75, 3.05) is 0 Å². The van der Waals surface area contributed by atoms with Crippen molar-refractivity contribution in [2.45, 2.75) is 109 Å². The molecule has 0 aliphatic heterocycles. The lowest BCUT2D eigenvalue weighted by Crippen LogP contribution is -2.43. The molecule has 0 saturated heterocycles. The molecule has 3 aliphatic carbocycles. The minimum absolute atomic E-state index is 0.329. The Labute approximate surface area is 188 Å². The Morgan fingerprint density at radius 3 is 2.58 bits per heavy atom. The molecule has 4 N–H and O–H groups in total. The summed E-state index contributed by atoms with van der Waals surface area (Å²) in [5.74, 6) is 1.98. The summed E-state index contributed by atoms with van der Waals surface area (Å²) in [6, 6.07) is 0. The molecule has 7 atom stereocenters. The number of allylic oxidation sites excluding steroid dienone is 3. The van der Waals surface area contributed by atoms with E-state index in [0.717, 1.165) is 30.8 Å². The van der Waals surface area contributed by atoms with Crippen molar-refractivity contribution < 1.29 is 20.4 Å². The molecule has 3 fully saturated rings. The first-order chi connectivity index (χ1) is 14.4. The van der Waals surface area contributed by atoms with Gasteiger partial charge >= 0.3 is 0 Å². The van der Waals surface area contributed by atoms with Crippen LogP contribution < -0.4 is 0 Å². The maximum absolute atomic E-state index is 10.1. The third kappa shape index (κ3) is 5.35. The lowest BCUT2D eigenvalue weighted by atomic mass is 9.60. The second-order valence-electron chi connectivity index (χ2n) is 11.4. The molecule has 0 amide bonds. The van der Waals surface area contributed by atoms with Crippen LogP contribution in [0.25, 0.3) is 0 Å². The zero-order chi connectivity index (χ0) is 23.0. The van der Waals surface area contributed by atoms with Crippen molar-refractivity contribution in [3.8, 4) is 0 Å². The Hall–Kier alpha value is -0.940. The molecule has 0 bridgehead atoms. The van der Waals surface area contributed by atoms with Gasteiger partial charge in [-0.05, 0) is 86.7 Å². The maximum atomic E-state index is 10.1. The van der Waals surface area contributed by atoms with Gasteiger partial charge in [-0.1, -0.05) is 51.0 Å². The van der Waals surface area contributed by atoms with Gasteiger partial charge in [-0.25, -0.2) is 0 Å². The van der Waals surface area contributed by atoms with Gasteiger partial charge in [0.2, 0.25) is 0 Å². The molecule has 0 aromatic heterocycles. The smallest absolute Gasteiger partial charge is 0.110 e. The van der Waals surface area contributed by atoms with E-state index >= 15 is 0 Å². The molecule has 0 radical (unpaired) electrons. The lowest BCUT2D eigenvalue weighted by molar-refractivity contribution is -0.0530. The van der Waals surface area contributed by atoms with Crippen LogP contribution in [0.1, 0.15) is 85.5 Å². The molecular weight excluding hydrogens is 388 g/mol. The first-order valence-corrected chi connectivity index (χ1v) is 12.3. The number of aliphatic hydroxyl groups is 4. The lowest BCUT2D eigenvalue weighted by Gasteiger charge is -2.44. The van der Waals surface area contributed by atoms with E-state index in [2.05, 4.69) is 26.5 Å². The summed E-state index contributed by atoms with van der Waals surface area (Å²) in [6.07, 6.45) is 10.6. The van der Waals surface area contributed by atoms with E-state index in [1.807, 2.05) is 19.9 Å². The average Bonchev–Trinajstić information content (AvgIpc) is 3.04. The van der Waals surface area contributed by atoms with Crippen molar-refractivity contribution in [2.24, 2.45) is 23.2 Å². The first-order valence-electron chi connectivity index (χ1n) is 12.3. The van der Waals surface area contributed by atoms with Gasteiger partial charge in [0.05, 0.1) is 11.7 Å². The summed E-state index contributed by atoms with van der Waals surface area (Å²) in [4.78, 5) is 0. The molecule has 0 heterocycles. The van der Waals surface area contributed by atoms with E-state index in [-0.39, 0.29) is 0 Å². The van der Waals surface area contributed by atoms with Gasteiger partial charge in [0, 0.05) is 6.42 Å². The Kier molecular flexibility index (Phi) is 7.57. The number of aliphatic hydroxyl groups excluding tert-OH is 3. The van der Waals surface area contributed by atoms with E-state index < -0.39 is 23.9 Å². The van der Waals surface area contributed by atoms with Gasteiger partial charge in [-0.3, -0.25) is 0 Å². The van der Waals surface area contributed by atoms with E-state index in [1.165, 1.54) is 37.7 Å². The van der Waals surface area contributed by atoms with Crippen LogP contribution in [0.3, 0.4) is 0 Å². The van der Waals surface area contributed by atoms with Crippen molar-refractivity contribution in [3.05, 3.63) is 35.5 Å². The predicted molar refractivity (Wildman–Crippen MR) is 125 cm³/mol.